The summed E-state index contributed by atoms with van der Waals surface area (Å²) in [5, 5.41) is 10.5. The van der Waals surface area contributed by atoms with E-state index in [0.29, 0.717) is 18.2 Å². The molecule has 1 unspecified atom stereocenters. The summed E-state index contributed by atoms with van der Waals surface area (Å²) in [7, 11) is 0. The molecule has 2 aromatic heterocycles. The van der Waals surface area contributed by atoms with Crippen LogP contribution in [0.25, 0.3) is 11.4 Å². The summed E-state index contributed by atoms with van der Waals surface area (Å²) in [6.45, 7) is 0.417. The van der Waals surface area contributed by atoms with E-state index in [1.165, 1.54) is 0 Å². The van der Waals surface area contributed by atoms with Gasteiger partial charge in [0.2, 0.25) is 0 Å². The number of nitrogens with one attached hydrogen (secondary N) is 2. The molecule has 130 valence electrons. The van der Waals surface area contributed by atoms with E-state index in [0.717, 1.165) is 11.3 Å². The normalized spacial score (nSPS) is 10.5. The van der Waals surface area contributed by atoms with E-state index in [2.05, 4.69) is 25.5 Å². The van der Waals surface area contributed by atoms with Gasteiger partial charge in [0.1, 0.15) is 5.82 Å². The van der Waals surface area contributed by atoms with Gasteiger partial charge in [-0.05, 0) is 24.3 Å². The summed E-state index contributed by atoms with van der Waals surface area (Å²) in [5.74, 6) is 1.36. The first-order valence-corrected chi connectivity index (χ1v) is 6.71. The minimum atomic E-state index is -0.115. The Morgan fingerprint density at radius 3 is 2.29 bits per heavy atom. The molecule has 0 aliphatic heterocycles. The van der Waals surface area contributed by atoms with Gasteiger partial charge in [-0.2, -0.15) is 5.10 Å². The number of H-pyrrole nitrogens is 1. The maximum Gasteiger partial charge on any atom is 0.181 e. The Balaban J connectivity index is 0.00000176. The van der Waals surface area contributed by atoms with Crippen LogP contribution in [0.2, 0.25) is 0 Å². The van der Waals surface area contributed by atoms with E-state index >= 15 is 0 Å². The monoisotopic (exact) mass is 388 g/mol. The molecular weight excluding hydrogens is 371 g/mol. The van der Waals surface area contributed by atoms with Crippen molar-refractivity contribution in [3.8, 4) is 11.4 Å². The first-order chi connectivity index (χ1) is 10.4. The van der Waals surface area contributed by atoms with E-state index in [-0.39, 0.29) is 43.3 Å². The molecule has 0 fully saturated rings. The number of nitrogens with zero attached hydrogens (tertiary/aromatic N) is 3. The second-order valence-corrected chi connectivity index (χ2v) is 4.58. The number of halogens is 3. The summed E-state index contributed by atoms with van der Waals surface area (Å²) < 4.78 is 0. The second-order valence-electron chi connectivity index (χ2n) is 4.58. The lowest BCUT2D eigenvalue weighted by molar-refractivity contribution is 0.730. The molecule has 9 heteroatoms. The largest absolute Gasteiger partial charge is 0.374 e. The molecule has 3 aromatic rings. The van der Waals surface area contributed by atoms with E-state index in [1.54, 1.807) is 12.4 Å². The van der Waals surface area contributed by atoms with Crippen LogP contribution < -0.4 is 11.1 Å². The van der Waals surface area contributed by atoms with Crippen molar-refractivity contribution in [2.24, 2.45) is 5.73 Å². The highest BCUT2D eigenvalue weighted by molar-refractivity contribution is 5.86. The molecule has 0 spiro atoms. The zero-order valence-electron chi connectivity index (χ0n) is 12.6. The smallest absolute Gasteiger partial charge is 0.181 e. The predicted molar refractivity (Wildman–Crippen MR) is 103 cm³/mol. The molecule has 1 atom stereocenters. The van der Waals surface area contributed by atoms with Crippen LogP contribution in [0.5, 0.6) is 0 Å². The fourth-order valence-corrected chi connectivity index (χ4v) is 2.03. The number of rotatable bonds is 5. The van der Waals surface area contributed by atoms with Crippen molar-refractivity contribution in [2.75, 3.05) is 11.9 Å². The van der Waals surface area contributed by atoms with Gasteiger partial charge in [0.25, 0.3) is 0 Å². The molecule has 4 N–H and O–H groups in total. The van der Waals surface area contributed by atoms with Crippen molar-refractivity contribution in [1.29, 1.82) is 0 Å². The summed E-state index contributed by atoms with van der Waals surface area (Å²) >= 11 is 0. The highest BCUT2D eigenvalue weighted by Crippen LogP contribution is 2.18. The fraction of sp³-hybridized carbons (Fsp3) is 0.133. The van der Waals surface area contributed by atoms with Crippen LogP contribution in [-0.2, 0) is 0 Å². The molecule has 24 heavy (non-hydrogen) atoms. The quantitative estimate of drug-likeness (QED) is 0.623. The number of para-hydroxylation sites is 1. The molecule has 0 aliphatic carbocycles. The maximum absolute atomic E-state index is 5.84. The molecule has 6 nitrogen and oxygen atoms in total. The van der Waals surface area contributed by atoms with Gasteiger partial charge in [-0.1, -0.05) is 18.2 Å². The van der Waals surface area contributed by atoms with Gasteiger partial charge in [-0.25, -0.2) is 4.98 Å². The van der Waals surface area contributed by atoms with Crippen LogP contribution >= 0.6 is 37.2 Å². The Hall–Kier alpha value is -1.86. The lowest BCUT2D eigenvalue weighted by Crippen LogP contribution is -2.21. The third-order valence-electron chi connectivity index (χ3n) is 3.12. The number of aromatic amines is 1. The van der Waals surface area contributed by atoms with Crippen molar-refractivity contribution in [1.82, 2.24) is 20.2 Å². The van der Waals surface area contributed by atoms with Gasteiger partial charge in [0.15, 0.2) is 5.82 Å². The van der Waals surface area contributed by atoms with Gasteiger partial charge in [0.05, 0.1) is 6.04 Å². The number of hydrogen-bond donors (Lipinski definition) is 3. The van der Waals surface area contributed by atoms with Gasteiger partial charge >= 0.3 is 0 Å². The molecule has 2 heterocycles. The average Bonchev–Trinajstić information content (AvgIpc) is 3.04. The molecular formula is C15H19Cl3N6. The van der Waals surface area contributed by atoms with Crippen molar-refractivity contribution >= 4 is 42.9 Å². The number of anilines is 1. The van der Waals surface area contributed by atoms with Crippen LogP contribution in [-0.4, -0.2) is 26.7 Å². The van der Waals surface area contributed by atoms with E-state index in [1.807, 2.05) is 42.5 Å². The van der Waals surface area contributed by atoms with Crippen LogP contribution in [0.4, 0.5) is 5.69 Å². The van der Waals surface area contributed by atoms with Crippen LogP contribution in [0.15, 0.2) is 54.9 Å². The third kappa shape index (κ3) is 5.35. The van der Waals surface area contributed by atoms with Crippen molar-refractivity contribution < 1.29 is 0 Å². The van der Waals surface area contributed by atoms with Crippen molar-refractivity contribution in [3.05, 3.63) is 60.7 Å². The Bertz CT molecular complexity index is 693. The Morgan fingerprint density at radius 2 is 1.67 bits per heavy atom. The predicted octanol–water partition coefficient (Wildman–Crippen LogP) is 3.24. The van der Waals surface area contributed by atoms with Gasteiger partial charge in [-0.3, -0.25) is 10.1 Å². The fourth-order valence-electron chi connectivity index (χ4n) is 2.03. The Kier molecular flexibility index (Phi) is 9.99. The maximum atomic E-state index is 5.84. The number of hydrogen-bond acceptors (Lipinski definition) is 5. The molecule has 0 bridgehead atoms. The number of aromatic nitrogens is 4. The minimum Gasteiger partial charge on any atom is -0.374 e. The molecule has 1 aromatic carbocycles. The zero-order valence-corrected chi connectivity index (χ0v) is 15.1. The topological polar surface area (TPSA) is 92.5 Å². The summed E-state index contributed by atoms with van der Waals surface area (Å²) in [4.78, 5) is 8.50. The number of benzene rings is 1. The highest BCUT2D eigenvalue weighted by Gasteiger charge is 2.15. The SMILES string of the molecule is Cl.Cl.Cl.NCC(Nc1ccccc1)c1nc(-c2ccncc2)n[nH]1. The van der Waals surface area contributed by atoms with Crippen molar-refractivity contribution in [2.45, 2.75) is 6.04 Å². The standard InChI is InChI=1S/C15H16N6.3ClH/c16-10-13(18-12-4-2-1-3-5-12)15-19-14(20-21-15)11-6-8-17-9-7-11;;;/h1-9,13,18H,10,16H2,(H,19,20,21);3*1H. The van der Waals surface area contributed by atoms with Gasteiger partial charge in [-0.15, -0.1) is 37.2 Å². The lowest BCUT2D eigenvalue weighted by Gasteiger charge is -2.15. The van der Waals surface area contributed by atoms with Crippen LogP contribution in [0, 0.1) is 0 Å². The zero-order chi connectivity index (χ0) is 14.5. The minimum absolute atomic E-state index is 0. The number of nitrogens with two attached hydrogens (primary N) is 1. The summed E-state index contributed by atoms with van der Waals surface area (Å²) in [5.41, 5.74) is 7.75. The van der Waals surface area contributed by atoms with Gasteiger partial charge < -0.3 is 11.1 Å². The van der Waals surface area contributed by atoms with Crippen LogP contribution in [0.1, 0.15) is 11.9 Å². The van der Waals surface area contributed by atoms with E-state index < -0.39 is 0 Å². The third-order valence-corrected chi connectivity index (χ3v) is 3.12. The van der Waals surface area contributed by atoms with Gasteiger partial charge in [0, 0.05) is 30.2 Å². The summed E-state index contributed by atoms with van der Waals surface area (Å²) in [6, 6.07) is 13.5. The second kappa shape index (κ2) is 10.8. The highest BCUT2D eigenvalue weighted by atomic mass is 35.5. The first-order valence-electron chi connectivity index (χ1n) is 6.71. The lowest BCUT2D eigenvalue weighted by atomic mass is 10.2. The average molecular weight is 390 g/mol. The molecule has 0 aliphatic rings. The first kappa shape index (κ1) is 22.1. The van der Waals surface area contributed by atoms with Crippen LogP contribution in [0.3, 0.4) is 0 Å². The van der Waals surface area contributed by atoms with E-state index in [9.17, 15) is 0 Å². The molecule has 3 rings (SSSR count). The summed E-state index contributed by atoms with van der Waals surface area (Å²) in [6.07, 6.45) is 3.43. The molecule has 0 radical (unpaired) electrons. The molecule has 0 amide bonds. The molecule has 0 saturated heterocycles. The Morgan fingerprint density at radius 1 is 1.00 bits per heavy atom. The molecule has 0 saturated carbocycles. The van der Waals surface area contributed by atoms with E-state index in [4.69, 9.17) is 5.73 Å². The van der Waals surface area contributed by atoms with Crippen molar-refractivity contribution in [3.63, 3.8) is 0 Å². The Labute approximate surface area is 158 Å². The number of pyridine rings is 1.